The first-order valence-electron chi connectivity index (χ1n) is 5.62. The van der Waals surface area contributed by atoms with E-state index in [1.54, 1.807) is 0 Å². The molecule has 16 heavy (non-hydrogen) atoms. The monoisotopic (exact) mass is 222 g/mol. The Hall–Kier alpha value is -1.12. The van der Waals surface area contributed by atoms with Crippen molar-refractivity contribution >= 4 is 0 Å². The fourth-order valence-electron chi connectivity index (χ4n) is 1.11. The quantitative estimate of drug-likeness (QED) is 0.604. The molecule has 1 aromatic rings. The van der Waals surface area contributed by atoms with Crippen molar-refractivity contribution in [3.05, 3.63) is 49.1 Å². The fourth-order valence-corrected chi connectivity index (χ4v) is 1.11. The van der Waals surface area contributed by atoms with Gasteiger partial charge in [-0.3, -0.25) is 0 Å². The van der Waals surface area contributed by atoms with Gasteiger partial charge in [0.1, 0.15) is 0 Å². The highest BCUT2D eigenvalue weighted by atomic mass is 14.8. The first-order chi connectivity index (χ1) is 7.85. The predicted molar refractivity (Wildman–Crippen MR) is 74.9 cm³/mol. The number of rotatable bonds is 4. The van der Waals surface area contributed by atoms with Crippen molar-refractivity contribution in [2.45, 2.75) is 12.8 Å². The standard InChI is InChI=1S/C10H15N.C2H7N.C2H4/c1-11-9-5-8-10-6-3-2-4-7-10;1-3-2;1-2/h2-4,6-7,11H,5,8-9H2,1H3;3H,1-2H3;1-2H2. The molecular weight excluding hydrogens is 196 g/mol. The third-order valence-corrected chi connectivity index (χ3v) is 1.74. The van der Waals surface area contributed by atoms with Gasteiger partial charge >= 0.3 is 0 Å². The SMILES string of the molecule is C=C.CNC.CNCCCc1ccccc1. The number of nitrogens with one attached hydrogen (secondary N) is 2. The van der Waals surface area contributed by atoms with Crippen molar-refractivity contribution in [2.75, 3.05) is 27.7 Å². The summed E-state index contributed by atoms with van der Waals surface area (Å²) in [5.74, 6) is 0. The van der Waals surface area contributed by atoms with E-state index in [1.165, 1.54) is 18.4 Å². The Morgan fingerprint density at radius 1 is 1.00 bits per heavy atom. The minimum Gasteiger partial charge on any atom is -0.323 e. The maximum absolute atomic E-state index is 3.14. The van der Waals surface area contributed by atoms with E-state index >= 15 is 0 Å². The van der Waals surface area contributed by atoms with Gasteiger partial charge in [0.25, 0.3) is 0 Å². The van der Waals surface area contributed by atoms with Gasteiger partial charge in [0.2, 0.25) is 0 Å². The van der Waals surface area contributed by atoms with Crippen LogP contribution in [0.1, 0.15) is 12.0 Å². The molecule has 1 rings (SSSR count). The summed E-state index contributed by atoms with van der Waals surface area (Å²) < 4.78 is 0. The molecular formula is C14H26N2. The highest BCUT2D eigenvalue weighted by Crippen LogP contribution is 2.00. The zero-order valence-corrected chi connectivity index (χ0v) is 10.9. The average molecular weight is 222 g/mol. The van der Waals surface area contributed by atoms with Gasteiger partial charge in [0.05, 0.1) is 0 Å². The molecule has 0 aliphatic heterocycles. The zero-order chi connectivity index (χ0) is 12.6. The van der Waals surface area contributed by atoms with E-state index in [1.807, 2.05) is 21.1 Å². The van der Waals surface area contributed by atoms with E-state index < -0.39 is 0 Å². The molecule has 0 spiro atoms. The minimum atomic E-state index is 1.11. The molecule has 0 unspecified atom stereocenters. The van der Waals surface area contributed by atoms with Crippen molar-refractivity contribution in [1.82, 2.24) is 10.6 Å². The summed E-state index contributed by atoms with van der Waals surface area (Å²) in [6.07, 6.45) is 2.40. The van der Waals surface area contributed by atoms with Gasteiger partial charge in [-0.1, -0.05) is 30.3 Å². The largest absolute Gasteiger partial charge is 0.323 e. The topological polar surface area (TPSA) is 24.1 Å². The Balaban J connectivity index is 0. The lowest BCUT2D eigenvalue weighted by atomic mass is 10.1. The van der Waals surface area contributed by atoms with Crippen molar-refractivity contribution in [1.29, 1.82) is 0 Å². The van der Waals surface area contributed by atoms with Crippen LogP contribution in [0.3, 0.4) is 0 Å². The molecule has 2 heteroatoms. The minimum absolute atomic E-state index is 1.11. The van der Waals surface area contributed by atoms with E-state index in [0.29, 0.717) is 0 Å². The van der Waals surface area contributed by atoms with Crippen molar-refractivity contribution in [3.8, 4) is 0 Å². The van der Waals surface area contributed by atoms with E-state index in [-0.39, 0.29) is 0 Å². The third-order valence-electron chi connectivity index (χ3n) is 1.74. The molecule has 92 valence electrons. The molecule has 0 amide bonds. The lowest BCUT2D eigenvalue weighted by Gasteiger charge is -1.99. The summed E-state index contributed by atoms with van der Waals surface area (Å²) in [5, 5.41) is 5.89. The van der Waals surface area contributed by atoms with Crippen LogP contribution in [0.5, 0.6) is 0 Å². The lowest BCUT2D eigenvalue weighted by molar-refractivity contribution is 0.725. The van der Waals surface area contributed by atoms with Crippen LogP contribution in [0.2, 0.25) is 0 Å². The van der Waals surface area contributed by atoms with E-state index in [0.717, 1.165) is 6.54 Å². The van der Waals surface area contributed by atoms with Crippen molar-refractivity contribution in [2.24, 2.45) is 0 Å². The Bertz CT molecular complexity index is 209. The van der Waals surface area contributed by atoms with Crippen molar-refractivity contribution < 1.29 is 0 Å². The van der Waals surface area contributed by atoms with Gasteiger partial charge in [0.15, 0.2) is 0 Å². The molecule has 1 aromatic carbocycles. The van der Waals surface area contributed by atoms with Crippen LogP contribution in [0.15, 0.2) is 43.5 Å². The summed E-state index contributed by atoms with van der Waals surface area (Å²) >= 11 is 0. The van der Waals surface area contributed by atoms with Gasteiger partial charge in [-0.25, -0.2) is 0 Å². The maximum Gasteiger partial charge on any atom is -0.00488 e. The summed E-state index contributed by atoms with van der Waals surface area (Å²) in [7, 11) is 5.74. The summed E-state index contributed by atoms with van der Waals surface area (Å²) in [6.45, 7) is 7.11. The van der Waals surface area contributed by atoms with Crippen LogP contribution in [-0.4, -0.2) is 27.7 Å². The summed E-state index contributed by atoms with van der Waals surface area (Å²) in [4.78, 5) is 0. The molecule has 0 aliphatic rings. The molecule has 0 atom stereocenters. The molecule has 2 nitrogen and oxygen atoms in total. The second-order valence-electron chi connectivity index (χ2n) is 3.19. The van der Waals surface area contributed by atoms with Crippen LogP contribution in [0.4, 0.5) is 0 Å². The van der Waals surface area contributed by atoms with Crippen LogP contribution in [0, 0.1) is 0 Å². The number of benzene rings is 1. The van der Waals surface area contributed by atoms with Crippen LogP contribution < -0.4 is 10.6 Å². The molecule has 2 N–H and O–H groups in total. The summed E-state index contributed by atoms with van der Waals surface area (Å²) in [5.41, 5.74) is 1.43. The molecule has 0 saturated carbocycles. The molecule has 0 radical (unpaired) electrons. The fraction of sp³-hybridized carbons (Fsp3) is 0.429. The Morgan fingerprint density at radius 3 is 1.94 bits per heavy atom. The van der Waals surface area contributed by atoms with Gasteiger partial charge in [-0.05, 0) is 46.1 Å². The number of hydrogen-bond donors (Lipinski definition) is 2. The van der Waals surface area contributed by atoms with E-state index in [2.05, 4.69) is 54.1 Å². The third kappa shape index (κ3) is 12.9. The highest BCUT2D eigenvalue weighted by Gasteiger charge is 1.88. The van der Waals surface area contributed by atoms with Gasteiger partial charge in [-0.2, -0.15) is 0 Å². The Morgan fingerprint density at radius 2 is 1.50 bits per heavy atom. The summed E-state index contributed by atoms with van der Waals surface area (Å²) in [6, 6.07) is 10.6. The molecule has 0 heterocycles. The van der Waals surface area contributed by atoms with E-state index in [9.17, 15) is 0 Å². The number of hydrogen-bond acceptors (Lipinski definition) is 2. The highest BCUT2D eigenvalue weighted by molar-refractivity contribution is 5.14. The first kappa shape index (κ1) is 17.3. The van der Waals surface area contributed by atoms with Crippen LogP contribution >= 0.6 is 0 Å². The second kappa shape index (κ2) is 16.3. The van der Waals surface area contributed by atoms with E-state index in [4.69, 9.17) is 0 Å². The molecule has 0 bridgehead atoms. The van der Waals surface area contributed by atoms with Gasteiger partial charge < -0.3 is 10.6 Å². The van der Waals surface area contributed by atoms with Crippen molar-refractivity contribution in [3.63, 3.8) is 0 Å². The molecule has 0 fully saturated rings. The maximum atomic E-state index is 3.14. The molecule has 0 aromatic heterocycles. The van der Waals surface area contributed by atoms with Gasteiger partial charge in [0, 0.05) is 0 Å². The van der Waals surface area contributed by atoms with Crippen LogP contribution in [0.25, 0.3) is 0 Å². The Kier molecular flexibility index (Phi) is 17.6. The van der Waals surface area contributed by atoms with Gasteiger partial charge in [-0.15, -0.1) is 13.2 Å². The second-order valence-corrected chi connectivity index (χ2v) is 3.19. The number of aryl methyl sites for hydroxylation is 1. The zero-order valence-electron chi connectivity index (χ0n) is 10.9. The normalized spacial score (nSPS) is 8.19. The predicted octanol–water partition coefficient (Wildman–Crippen LogP) is 2.48. The average Bonchev–Trinajstić information content (AvgIpc) is 2.34. The lowest BCUT2D eigenvalue weighted by Crippen LogP contribution is -2.08. The molecule has 0 saturated heterocycles. The van der Waals surface area contributed by atoms with Crippen LogP contribution in [-0.2, 0) is 6.42 Å². The molecule has 0 aliphatic carbocycles. The smallest absolute Gasteiger partial charge is 0.00488 e. The first-order valence-corrected chi connectivity index (χ1v) is 5.62. The Labute approximate surface area is 101 Å².